The summed E-state index contributed by atoms with van der Waals surface area (Å²) in [5.41, 5.74) is 3.56. The third-order valence-electron chi connectivity index (χ3n) is 2.92. The SMILES string of the molecule is Cc1ccc(Sc2ccc([C@@H](C)O)cc2)c(C)c1. The van der Waals surface area contributed by atoms with Crippen molar-refractivity contribution in [3.8, 4) is 0 Å². The Morgan fingerprint density at radius 2 is 1.67 bits per heavy atom. The van der Waals surface area contributed by atoms with E-state index in [-0.39, 0.29) is 0 Å². The van der Waals surface area contributed by atoms with Gasteiger partial charge in [-0.15, -0.1) is 0 Å². The Morgan fingerprint density at radius 3 is 2.22 bits per heavy atom. The molecule has 0 fully saturated rings. The molecule has 0 aliphatic rings. The first-order valence-electron chi connectivity index (χ1n) is 6.09. The van der Waals surface area contributed by atoms with Crippen molar-refractivity contribution in [1.82, 2.24) is 0 Å². The predicted molar refractivity (Wildman–Crippen MR) is 77.1 cm³/mol. The van der Waals surface area contributed by atoms with E-state index in [2.05, 4.69) is 44.2 Å². The smallest absolute Gasteiger partial charge is 0.0761 e. The summed E-state index contributed by atoms with van der Waals surface area (Å²) in [6.07, 6.45) is -0.398. The first kappa shape index (κ1) is 13.2. The van der Waals surface area contributed by atoms with Crippen molar-refractivity contribution < 1.29 is 5.11 Å². The average molecular weight is 258 g/mol. The van der Waals surface area contributed by atoms with Gasteiger partial charge in [0, 0.05) is 9.79 Å². The van der Waals surface area contributed by atoms with Crippen LogP contribution in [0.1, 0.15) is 29.7 Å². The van der Waals surface area contributed by atoms with Gasteiger partial charge in [-0.1, -0.05) is 41.6 Å². The number of hydrogen-bond donors (Lipinski definition) is 1. The van der Waals surface area contributed by atoms with E-state index in [0.29, 0.717) is 0 Å². The van der Waals surface area contributed by atoms with Crippen LogP contribution in [-0.2, 0) is 0 Å². The van der Waals surface area contributed by atoms with Crippen LogP contribution in [0, 0.1) is 13.8 Å². The van der Waals surface area contributed by atoms with Crippen LogP contribution in [0.4, 0.5) is 0 Å². The maximum atomic E-state index is 9.47. The summed E-state index contributed by atoms with van der Waals surface area (Å²) >= 11 is 1.76. The van der Waals surface area contributed by atoms with Crippen molar-refractivity contribution in [1.29, 1.82) is 0 Å². The lowest BCUT2D eigenvalue weighted by atomic mass is 10.1. The fourth-order valence-electron chi connectivity index (χ4n) is 1.86. The lowest BCUT2D eigenvalue weighted by molar-refractivity contribution is 0.199. The third kappa shape index (κ3) is 3.15. The third-order valence-corrected chi connectivity index (χ3v) is 4.11. The van der Waals surface area contributed by atoms with E-state index in [1.807, 2.05) is 12.1 Å². The minimum absolute atomic E-state index is 0.398. The van der Waals surface area contributed by atoms with E-state index in [0.717, 1.165) is 5.56 Å². The molecule has 0 aliphatic carbocycles. The van der Waals surface area contributed by atoms with Gasteiger partial charge in [0.1, 0.15) is 0 Å². The van der Waals surface area contributed by atoms with Crippen LogP contribution >= 0.6 is 11.8 Å². The summed E-state index contributed by atoms with van der Waals surface area (Å²) in [7, 11) is 0. The topological polar surface area (TPSA) is 20.2 Å². The Morgan fingerprint density at radius 1 is 1.00 bits per heavy atom. The molecule has 1 atom stereocenters. The highest BCUT2D eigenvalue weighted by molar-refractivity contribution is 7.99. The molecule has 0 aliphatic heterocycles. The molecule has 2 heteroatoms. The molecule has 0 saturated heterocycles. The largest absolute Gasteiger partial charge is 0.389 e. The van der Waals surface area contributed by atoms with Crippen molar-refractivity contribution in [2.75, 3.05) is 0 Å². The fraction of sp³-hybridized carbons (Fsp3) is 0.250. The Kier molecular flexibility index (Phi) is 4.10. The summed E-state index contributed by atoms with van der Waals surface area (Å²) in [4.78, 5) is 2.48. The highest BCUT2D eigenvalue weighted by atomic mass is 32.2. The number of aliphatic hydroxyl groups excluding tert-OH is 1. The Balaban J connectivity index is 2.18. The van der Waals surface area contributed by atoms with Gasteiger partial charge in [-0.3, -0.25) is 0 Å². The van der Waals surface area contributed by atoms with Crippen molar-refractivity contribution >= 4 is 11.8 Å². The molecule has 2 rings (SSSR count). The minimum atomic E-state index is -0.398. The van der Waals surface area contributed by atoms with E-state index < -0.39 is 6.10 Å². The first-order chi connectivity index (χ1) is 8.56. The standard InChI is InChI=1S/C16H18OS/c1-11-4-9-16(12(2)10-11)18-15-7-5-14(6-8-15)13(3)17/h4-10,13,17H,1-3H3/t13-/m1/s1. The summed E-state index contributed by atoms with van der Waals surface area (Å²) in [5, 5.41) is 9.47. The minimum Gasteiger partial charge on any atom is -0.389 e. The Hall–Kier alpha value is -1.25. The molecular formula is C16H18OS. The molecule has 18 heavy (non-hydrogen) atoms. The second-order valence-electron chi connectivity index (χ2n) is 4.62. The van der Waals surface area contributed by atoms with Crippen molar-refractivity contribution in [3.63, 3.8) is 0 Å². The summed E-state index contributed by atoms with van der Waals surface area (Å²) in [6, 6.07) is 14.6. The summed E-state index contributed by atoms with van der Waals surface area (Å²) in [5.74, 6) is 0. The van der Waals surface area contributed by atoms with Crippen LogP contribution < -0.4 is 0 Å². The Labute approximate surface area is 113 Å². The maximum absolute atomic E-state index is 9.47. The molecular weight excluding hydrogens is 240 g/mol. The van der Waals surface area contributed by atoms with Crippen LogP contribution in [0.2, 0.25) is 0 Å². The monoisotopic (exact) mass is 258 g/mol. The quantitative estimate of drug-likeness (QED) is 0.874. The zero-order valence-electron chi connectivity index (χ0n) is 11.0. The molecule has 0 bridgehead atoms. The molecule has 94 valence electrons. The molecule has 0 radical (unpaired) electrons. The average Bonchev–Trinajstić information content (AvgIpc) is 2.33. The van der Waals surface area contributed by atoms with E-state index in [1.165, 1.54) is 20.9 Å². The number of benzene rings is 2. The predicted octanol–water partition coefficient (Wildman–Crippen LogP) is 4.51. The zero-order chi connectivity index (χ0) is 13.1. The summed E-state index contributed by atoms with van der Waals surface area (Å²) in [6.45, 7) is 6.03. The molecule has 0 aromatic heterocycles. The molecule has 0 spiro atoms. The van der Waals surface area contributed by atoms with Gasteiger partial charge in [-0.05, 0) is 50.1 Å². The van der Waals surface area contributed by atoms with Crippen LogP contribution in [-0.4, -0.2) is 5.11 Å². The highest BCUT2D eigenvalue weighted by Crippen LogP contribution is 2.31. The zero-order valence-corrected chi connectivity index (χ0v) is 11.8. The van der Waals surface area contributed by atoms with Crippen LogP contribution in [0.25, 0.3) is 0 Å². The molecule has 0 amide bonds. The molecule has 1 nitrogen and oxygen atoms in total. The van der Waals surface area contributed by atoms with Gasteiger partial charge in [-0.25, -0.2) is 0 Å². The van der Waals surface area contributed by atoms with Crippen LogP contribution in [0.15, 0.2) is 52.3 Å². The normalized spacial score (nSPS) is 12.4. The van der Waals surface area contributed by atoms with E-state index >= 15 is 0 Å². The molecule has 2 aromatic carbocycles. The second kappa shape index (κ2) is 5.59. The van der Waals surface area contributed by atoms with E-state index in [4.69, 9.17) is 0 Å². The van der Waals surface area contributed by atoms with E-state index in [9.17, 15) is 5.11 Å². The molecule has 2 aromatic rings. The van der Waals surface area contributed by atoms with Gasteiger partial charge < -0.3 is 5.11 Å². The number of aryl methyl sites for hydroxylation is 2. The van der Waals surface area contributed by atoms with Crippen molar-refractivity contribution in [2.24, 2.45) is 0 Å². The van der Waals surface area contributed by atoms with Crippen LogP contribution in [0.3, 0.4) is 0 Å². The number of hydrogen-bond acceptors (Lipinski definition) is 2. The fourth-order valence-corrected chi connectivity index (χ4v) is 2.74. The molecule has 0 heterocycles. The number of rotatable bonds is 3. The highest BCUT2D eigenvalue weighted by Gasteiger charge is 2.03. The van der Waals surface area contributed by atoms with E-state index in [1.54, 1.807) is 18.7 Å². The first-order valence-corrected chi connectivity index (χ1v) is 6.91. The van der Waals surface area contributed by atoms with Crippen LogP contribution in [0.5, 0.6) is 0 Å². The van der Waals surface area contributed by atoms with Crippen molar-refractivity contribution in [2.45, 2.75) is 36.7 Å². The second-order valence-corrected chi connectivity index (χ2v) is 5.73. The van der Waals surface area contributed by atoms with Gasteiger partial charge >= 0.3 is 0 Å². The summed E-state index contributed by atoms with van der Waals surface area (Å²) < 4.78 is 0. The Bertz CT molecular complexity index is 529. The molecule has 0 saturated carbocycles. The lowest BCUT2D eigenvalue weighted by Crippen LogP contribution is -1.89. The van der Waals surface area contributed by atoms with Gasteiger partial charge in [0.2, 0.25) is 0 Å². The van der Waals surface area contributed by atoms with Gasteiger partial charge in [0.25, 0.3) is 0 Å². The number of aliphatic hydroxyl groups is 1. The van der Waals surface area contributed by atoms with Gasteiger partial charge in [0.05, 0.1) is 6.10 Å². The molecule has 0 unspecified atom stereocenters. The molecule has 1 N–H and O–H groups in total. The van der Waals surface area contributed by atoms with Crippen molar-refractivity contribution in [3.05, 3.63) is 59.2 Å². The van der Waals surface area contributed by atoms with Gasteiger partial charge in [-0.2, -0.15) is 0 Å². The van der Waals surface area contributed by atoms with Gasteiger partial charge in [0.15, 0.2) is 0 Å². The lowest BCUT2D eigenvalue weighted by Gasteiger charge is -2.08. The maximum Gasteiger partial charge on any atom is 0.0761 e.